The summed E-state index contributed by atoms with van der Waals surface area (Å²) >= 11 is 5.61. The molecule has 1 heterocycles. The van der Waals surface area contributed by atoms with Crippen LogP contribution in [0.15, 0.2) is 23.2 Å². The second kappa shape index (κ2) is 7.29. The fourth-order valence-corrected chi connectivity index (χ4v) is 2.19. The molecule has 0 spiro atoms. The molecule has 2 rings (SSSR count). The van der Waals surface area contributed by atoms with Gasteiger partial charge in [-0.15, -0.1) is 11.6 Å². The van der Waals surface area contributed by atoms with E-state index in [0.29, 0.717) is 12.5 Å². The van der Waals surface area contributed by atoms with E-state index in [2.05, 4.69) is 4.99 Å². The first kappa shape index (κ1) is 14.9. The van der Waals surface area contributed by atoms with Crippen LogP contribution in [0.4, 0.5) is 5.69 Å². The lowest BCUT2D eigenvalue weighted by molar-refractivity contribution is -0.115. The van der Waals surface area contributed by atoms with E-state index in [1.54, 1.807) is 0 Å². The van der Waals surface area contributed by atoms with Gasteiger partial charge in [0.2, 0.25) is 0 Å². The molecular weight excluding hydrogens is 278 g/mol. The van der Waals surface area contributed by atoms with Crippen molar-refractivity contribution in [2.24, 2.45) is 4.99 Å². The maximum atomic E-state index is 11.1. The largest absolute Gasteiger partial charge is 0.450 e. The van der Waals surface area contributed by atoms with Crippen LogP contribution in [0.1, 0.15) is 36.5 Å². The Labute approximate surface area is 123 Å². The Balaban J connectivity index is 2.01. The van der Waals surface area contributed by atoms with Crippen LogP contribution < -0.4 is 0 Å². The Hall–Kier alpha value is -1.55. The molecule has 0 saturated heterocycles. The van der Waals surface area contributed by atoms with Crippen molar-refractivity contribution in [2.45, 2.75) is 32.3 Å². The van der Waals surface area contributed by atoms with Crippen molar-refractivity contribution in [3.05, 3.63) is 29.3 Å². The summed E-state index contributed by atoms with van der Waals surface area (Å²) in [7, 11) is 0. The van der Waals surface area contributed by atoms with E-state index in [9.17, 15) is 4.79 Å². The number of aliphatic imine (C=N–C) groups is 1. The molecule has 1 atom stereocenters. The number of hydrogen-bond donors (Lipinski definition) is 0. The summed E-state index contributed by atoms with van der Waals surface area (Å²) in [6, 6.07) is 5.74. The molecule has 0 N–H and O–H groups in total. The average Bonchev–Trinajstić information content (AvgIpc) is 2.46. The highest BCUT2D eigenvalue weighted by molar-refractivity contribution is 6.17. The third-order valence-electron chi connectivity index (χ3n) is 3.06. The van der Waals surface area contributed by atoms with Gasteiger partial charge in [0.05, 0.1) is 12.3 Å². The van der Waals surface area contributed by atoms with Crippen molar-refractivity contribution in [3.63, 3.8) is 0 Å². The summed E-state index contributed by atoms with van der Waals surface area (Å²) in [6.45, 7) is 2.48. The minimum atomic E-state index is -0.639. The molecule has 1 aliphatic rings. The van der Waals surface area contributed by atoms with Gasteiger partial charge in [-0.05, 0) is 38.3 Å². The van der Waals surface area contributed by atoms with Crippen LogP contribution in [0.5, 0.6) is 0 Å². The van der Waals surface area contributed by atoms with Gasteiger partial charge in [0.15, 0.2) is 12.4 Å². The lowest BCUT2D eigenvalue weighted by Crippen LogP contribution is -2.20. The smallest absolute Gasteiger partial charge is 0.389 e. The van der Waals surface area contributed by atoms with Gasteiger partial charge in [-0.1, -0.05) is 11.6 Å². The summed E-state index contributed by atoms with van der Waals surface area (Å²) in [4.78, 5) is 15.4. The van der Waals surface area contributed by atoms with Crippen molar-refractivity contribution < 1.29 is 14.3 Å². The van der Waals surface area contributed by atoms with Crippen LogP contribution in [0.3, 0.4) is 0 Å². The number of rotatable bonds is 6. The zero-order chi connectivity index (χ0) is 14.4. The van der Waals surface area contributed by atoms with Crippen LogP contribution in [-0.2, 0) is 14.3 Å². The molecule has 0 fully saturated rings. The predicted molar refractivity (Wildman–Crippen MR) is 78.7 cm³/mol. The van der Waals surface area contributed by atoms with Gasteiger partial charge >= 0.3 is 6.08 Å². The third kappa shape index (κ3) is 3.73. The molecule has 0 saturated carbocycles. The van der Waals surface area contributed by atoms with Crippen LogP contribution in [-0.4, -0.2) is 24.9 Å². The molecular formula is C15H18ClNO3. The molecule has 20 heavy (non-hydrogen) atoms. The summed E-state index contributed by atoms with van der Waals surface area (Å²) in [5, 5.41) is 0. The summed E-state index contributed by atoms with van der Waals surface area (Å²) in [5.74, 6) is 0.664. The van der Waals surface area contributed by atoms with Gasteiger partial charge in [0.25, 0.3) is 0 Å². The lowest BCUT2D eigenvalue weighted by atomic mass is 10.0. The number of aryl methyl sites for hydroxylation is 1. The highest BCUT2D eigenvalue weighted by Crippen LogP contribution is 2.32. The molecule has 1 aromatic carbocycles. The number of alkyl halides is 1. The van der Waals surface area contributed by atoms with Crippen molar-refractivity contribution in [2.75, 3.05) is 12.5 Å². The molecule has 0 aliphatic carbocycles. The maximum absolute atomic E-state index is 11.1. The Morgan fingerprint density at radius 2 is 2.25 bits per heavy atom. The fourth-order valence-electron chi connectivity index (χ4n) is 2.00. The molecule has 108 valence electrons. The van der Waals surface area contributed by atoms with Crippen LogP contribution >= 0.6 is 11.6 Å². The zero-order valence-electron chi connectivity index (χ0n) is 11.5. The van der Waals surface area contributed by atoms with Gasteiger partial charge in [0.1, 0.15) is 0 Å². The number of fused-ring (bicyclic) bond motifs is 1. The first-order valence-corrected chi connectivity index (χ1v) is 7.28. The number of halogens is 1. The van der Waals surface area contributed by atoms with Crippen LogP contribution in [0.2, 0.25) is 0 Å². The first-order valence-electron chi connectivity index (χ1n) is 6.74. The number of carbonyl (C=O) groups is 1. The van der Waals surface area contributed by atoms with Crippen LogP contribution in [0, 0.1) is 6.92 Å². The SMILES string of the molecule is Cc1ccc2c(c1)C(C=O)OC(OCCCCCCl)=N2. The first-order chi connectivity index (χ1) is 9.74. The molecule has 1 aliphatic heterocycles. The topological polar surface area (TPSA) is 47.9 Å². The molecule has 4 nitrogen and oxygen atoms in total. The Morgan fingerprint density at radius 3 is 3.00 bits per heavy atom. The van der Waals surface area contributed by atoms with Gasteiger partial charge in [-0.2, -0.15) is 4.99 Å². The number of ether oxygens (including phenoxy) is 2. The third-order valence-corrected chi connectivity index (χ3v) is 3.32. The van der Waals surface area contributed by atoms with Crippen molar-refractivity contribution in [1.29, 1.82) is 0 Å². The standard InChI is InChI=1S/C15H18ClNO3/c1-11-5-6-13-12(9-11)14(10-18)20-15(17-13)19-8-4-2-3-7-16/h5-6,9-10,14H,2-4,7-8H2,1H3. The minimum Gasteiger partial charge on any atom is -0.450 e. The molecule has 0 aromatic heterocycles. The highest BCUT2D eigenvalue weighted by atomic mass is 35.5. The number of carbonyl (C=O) groups excluding carboxylic acids is 1. The van der Waals surface area contributed by atoms with E-state index in [1.807, 2.05) is 25.1 Å². The number of hydrogen-bond acceptors (Lipinski definition) is 4. The number of nitrogens with zero attached hydrogens (tertiary/aromatic N) is 1. The number of unbranched alkanes of at least 4 members (excludes halogenated alkanes) is 2. The molecule has 1 aromatic rings. The second-order valence-electron chi connectivity index (χ2n) is 4.71. The predicted octanol–water partition coefficient (Wildman–Crippen LogP) is 3.68. The van der Waals surface area contributed by atoms with E-state index in [1.165, 1.54) is 0 Å². The Kier molecular flexibility index (Phi) is 5.41. The Bertz CT molecular complexity index is 502. The number of benzene rings is 1. The van der Waals surface area contributed by atoms with E-state index >= 15 is 0 Å². The van der Waals surface area contributed by atoms with E-state index in [-0.39, 0.29) is 6.08 Å². The summed E-state index contributed by atoms with van der Waals surface area (Å²) in [6.07, 6.45) is 3.16. The zero-order valence-corrected chi connectivity index (χ0v) is 12.2. The molecule has 0 amide bonds. The second-order valence-corrected chi connectivity index (χ2v) is 5.09. The van der Waals surface area contributed by atoms with E-state index in [0.717, 1.165) is 42.4 Å². The fraction of sp³-hybridized carbons (Fsp3) is 0.467. The molecule has 5 heteroatoms. The molecule has 1 unspecified atom stereocenters. The van der Waals surface area contributed by atoms with Gasteiger partial charge in [-0.3, -0.25) is 4.79 Å². The van der Waals surface area contributed by atoms with Gasteiger partial charge in [-0.25, -0.2) is 0 Å². The van der Waals surface area contributed by atoms with Gasteiger partial charge < -0.3 is 9.47 Å². The summed E-state index contributed by atoms with van der Waals surface area (Å²) < 4.78 is 10.9. The van der Waals surface area contributed by atoms with E-state index < -0.39 is 6.10 Å². The lowest BCUT2D eigenvalue weighted by Gasteiger charge is -2.22. The Morgan fingerprint density at radius 1 is 1.40 bits per heavy atom. The molecule has 0 radical (unpaired) electrons. The normalized spacial score (nSPS) is 16.9. The minimum absolute atomic E-state index is 0.171. The van der Waals surface area contributed by atoms with Crippen molar-refractivity contribution >= 4 is 29.7 Å². The number of aldehydes is 1. The van der Waals surface area contributed by atoms with E-state index in [4.69, 9.17) is 21.1 Å². The van der Waals surface area contributed by atoms with Crippen molar-refractivity contribution in [1.82, 2.24) is 0 Å². The molecule has 0 bridgehead atoms. The monoisotopic (exact) mass is 295 g/mol. The quantitative estimate of drug-likeness (QED) is 0.457. The van der Waals surface area contributed by atoms with Gasteiger partial charge in [0, 0.05) is 11.4 Å². The maximum Gasteiger partial charge on any atom is 0.389 e. The van der Waals surface area contributed by atoms with Crippen molar-refractivity contribution in [3.8, 4) is 0 Å². The average molecular weight is 296 g/mol. The summed E-state index contributed by atoms with van der Waals surface area (Å²) in [5.41, 5.74) is 2.59. The van der Waals surface area contributed by atoms with Crippen LogP contribution in [0.25, 0.3) is 0 Å². The highest BCUT2D eigenvalue weighted by Gasteiger charge is 2.24.